The molecule has 0 atom stereocenters. The van der Waals surface area contributed by atoms with Crippen LogP contribution in [0.25, 0.3) is 0 Å². The quantitative estimate of drug-likeness (QED) is 0.534. The van der Waals surface area contributed by atoms with E-state index in [2.05, 4.69) is 0 Å². The number of rotatable bonds is 4. The fourth-order valence-corrected chi connectivity index (χ4v) is 0.358. The summed E-state index contributed by atoms with van der Waals surface area (Å²) in [7, 11) is 1.66. The van der Waals surface area contributed by atoms with Gasteiger partial charge in [0.25, 0.3) is 0 Å². The molecular weight excluding hydrogens is 106 g/mol. The topological polar surface area (TPSA) is 64.5 Å². The SMILES string of the molecule is COCCCCO.N. The van der Waals surface area contributed by atoms with Crippen LogP contribution in [0.15, 0.2) is 0 Å². The average Bonchev–Trinajstić information content (AvgIpc) is 1.69. The Hall–Kier alpha value is -0.120. The third-order valence-electron chi connectivity index (χ3n) is 0.757. The molecule has 0 rings (SSSR count). The second-order valence-electron chi connectivity index (χ2n) is 1.42. The molecule has 8 heavy (non-hydrogen) atoms. The van der Waals surface area contributed by atoms with Crippen LogP contribution in [0.2, 0.25) is 0 Å². The second-order valence-corrected chi connectivity index (χ2v) is 1.42. The zero-order valence-electron chi connectivity index (χ0n) is 5.39. The maximum absolute atomic E-state index is 8.24. The molecule has 0 saturated carbocycles. The Kier molecular flexibility index (Phi) is 13.5. The van der Waals surface area contributed by atoms with Gasteiger partial charge in [0.05, 0.1) is 0 Å². The van der Waals surface area contributed by atoms with Crippen molar-refractivity contribution in [2.75, 3.05) is 20.3 Å². The van der Waals surface area contributed by atoms with Crippen molar-refractivity contribution in [2.24, 2.45) is 0 Å². The summed E-state index contributed by atoms with van der Waals surface area (Å²) in [5.74, 6) is 0. The van der Waals surface area contributed by atoms with Crippen LogP contribution in [0.4, 0.5) is 0 Å². The molecule has 0 unspecified atom stereocenters. The van der Waals surface area contributed by atoms with Crippen LogP contribution >= 0.6 is 0 Å². The predicted octanol–water partition coefficient (Wildman–Crippen LogP) is 0.567. The number of ether oxygens (including phenoxy) is 1. The standard InChI is InChI=1S/C5H12O2.H3N/c1-7-5-3-2-4-6;/h6H,2-5H2,1H3;1H3. The molecule has 0 fully saturated rings. The van der Waals surface area contributed by atoms with Gasteiger partial charge in [0.2, 0.25) is 0 Å². The molecule has 4 N–H and O–H groups in total. The number of hydrogen-bond donors (Lipinski definition) is 2. The molecule has 0 aromatic carbocycles. The first-order valence-electron chi connectivity index (χ1n) is 2.51. The van der Waals surface area contributed by atoms with Crippen LogP contribution in [-0.2, 0) is 4.74 Å². The molecule has 0 aromatic rings. The number of unbranched alkanes of at least 4 members (excludes halogenated alkanes) is 1. The minimum atomic E-state index is 0. The van der Waals surface area contributed by atoms with Gasteiger partial charge < -0.3 is 16.0 Å². The molecular formula is C5H15NO2. The highest BCUT2D eigenvalue weighted by molar-refractivity contribution is 4.32. The van der Waals surface area contributed by atoms with Gasteiger partial charge in [0.1, 0.15) is 0 Å². The van der Waals surface area contributed by atoms with Crippen molar-refractivity contribution in [3.05, 3.63) is 0 Å². The Bertz CT molecular complexity index is 29.6. The minimum Gasteiger partial charge on any atom is -0.396 e. The maximum atomic E-state index is 8.24. The summed E-state index contributed by atoms with van der Waals surface area (Å²) in [6.45, 7) is 1.05. The fraction of sp³-hybridized carbons (Fsp3) is 1.00. The molecule has 0 amide bonds. The molecule has 0 bridgehead atoms. The van der Waals surface area contributed by atoms with E-state index >= 15 is 0 Å². The van der Waals surface area contributed by atoms with E-state index in [0.29, 0.717) is 0 Å². The zero-order chi connectivity index (χ0) is 5.54. The van der Waals surface area contributed by atoms with E-state index in [9.17, 15) is 0 Å². The summed E-state index contributed by atoms with van der Waals surface area (Å²) in [6.07, 6.45) is 1.82. The lowest BCUT2D eigenvalue weighted by Crippen LogP contribution is -1.89. The third-order valence-corrected chi connectivity index (χ3v) is 0.757. The van der Waals surface area contributed by atoms with Crippen LogP contribution < -0.4 is 6.15 Å². The monoisotopic (exact) mass is 121 g/mol. The molecule has 3 heteroatoms. The van der Waals surface area contributed by atoms with Crippen molar-refractivity contribution in [1.82, 2.24) is 6.15 Å². The summed E-state index contributed by atoms with van der Waals surface area (Å²) < 4.78 is 4.73. The lowest BCUT2D eigenvalue weighted by atomic mass is 10.3. The van der Waals surface area contributed by atoms with Crippen molar-refractivity contribution in [1.29, 1.82) is 0 Å². The van der Waals surface area contributed by atoms with Crippen LogP contribution in [-0.4, -0.2) is 25.4 Å². The summed E-state index contributed by atoms with van der Waals surface area (Å²) in [5.41, 5.74) is 0. The number of methoxy groups -OCH3 is 1. The van der Waals surface area contributed by atoms with Crippen molar-refractivity contribution in [3.63, 3.8) is 0 Å². The van der Waals surface area contributed by atoms with E-state index in [1.54, 1.807) is 7.11 Å². The smallest absolute Gasteiger partial charge is 0.0463 e. The zero-order valence-corrected chi connectivity index (χ0v) is 5.39. The van der Waals surface area contributed by atoms with Crippen molar-refractivity contribution < 1.29 is 9.84 Å². The van der Waals surface area contributed by atoms with Gasteiger partial charge in [-0.15, -0.1) is 0 Å². The van der Waals surface area contributed by atoms with Gasteiger partial charge in [-0.3, -0.25) is 0 Å². The van der Waals surface area contributed by atoms with Gasteiger partial charge in [0.15, 0.2) is 0 Å². The second kappa shape index (κ2) is 9.99. The van der Waals surface area contributed by atoms with Crippen LogP contribution in [0, 0.1) is 0 Å². The molecule has 0 aliphatic carbocycles. The first-order valence-corrected chi connectivity index (χ1v) is 2.51. The van der Waals surface area contributed by atoms with E-state index in [4.69, 9.17) is 9.84 Å². The summed E-state index contributed by atoms with van der Waals surface area (Å²) in [6, 6.07) is 0. The number of aliphatic hydroxyl groups is 1. The third kappa shape index (κ3) is 9.30. The lowest BCUT2D eigenvalue weighted by Gasteiger charge is -1.92. The summed E-state index contributed by atoms with van der Waals surface area (Å²) in [4.78, 5) is 0. The molecule has 0 aromatic heterocycles. The van der Waals surface area contributed by atoms with E-state index in [-0.39, 0.29) is 12.8 Å². The lowest BCUT2D eigenvalue weighted by molar-refractivity contribution is 0.181. The Labute approximate surface area is 50.2 Å². The van der Waals surface area contributed by atoms with Crippen molar-refractivity contribution in [3.8, 4) is 0 Å². The first-order chi connectivity index (χ1) is 3.41. The molecule has 0 spiro atoms. The van der Waals surface area contributed by atoms with Gasteiger partial charge in [0, 0.05) is 20.3 Å². The first kappa shape index (κ1) is 10.8. The molecule has 3 nitrogen and oxygen atoms in total. The van der Waals surface area contributed by atoms with E-state index in [1.165, 1.54) is 0 Å². The average molecular weight is 121 g/mol. The molecule has 0 saturated heterocycles. The van der Waals surface area contributed by atoms with E-state index in [0.717, 1.165) is 19.4 Å². The van der Waals surface area contributed by atoms with Gasteiger partial charge in [-0.2, -0.15) is 0 Å². The Morgan fingerprint density at radius 2 is 2.00 bits per heavy atom. The predicted molar refractivity (Wildman–Crippen MR) is 33.2 cm³/mol. The number of hydrogen-bond acceptors (Lipinski definition) is 3. The van der Waals surface area contributed by atoms with Crippen LogP contribution in [0.1, 0.15) is 12.8 Å². The number of aliphatic hydroxyl groups excluding tert-OH is 1. The highest BCUT2D eigenvalue weighted by Gasteiger charge is 1.80. The van der Waals surface area contributed by atoms with Gasteiger partial charge in [-0.05, 0) is 12.8 Å². The molecule has 0 radical (unpaired) electrons. The van der Waals surface area contributed by atoms with E-state index < -0.39 is 0 Å². The van der Waals surface area contributed by atoms with Gasteiger partial charge in [-0.25, -0.2) is 0 Å². The highest BCUT2D eigenvalue weighted by Crippen LogP contribution is 1.84. The van der Waals surface area contributed by atoms with Crippen molar-refractivity contribution in [2.45, 2.75) is 12.8 Å². The molecule has 52 valence electrons. The minimum absolute atomic E-state index is 0. The van der Waals surface area contributed by atoms with Gasteiger partial charge >= 0.3 is 0 Å². The Morgan fingerprint density at radius 1 is 1.38 bits per heavy atom. The fourth-order valence-electron chi connectivity index (χ4n) is 0.358. The molecule has 0 heterocycles. The Morgan fingerprint density at radius 3 is 2.38 bits per heavy atom. The van der Waals surface area contributed by atoms with Gasteiger partial charge in [-0.1, -0.05) is 0 Å². The maximum Gasteiger partial charge on any atom is 0.0463 e. The Balaban J connectivity index is 0. The van der Waals surface area contributed by atoms with E-state index in [1.807, 2.05) is 0 Å². The van der Waals surface area contributed by atoms with Crippen molar-refractivity contribution >= 4 is 0 Å². The molecule has 0 aliphatic rings. The largest absolute Gasteiger partial charge is 0.396 e. The highest BCUT2D eigenvalue weighted by atomic mass is 16.5. The van der Waals surface area contributed by atoms with Crippen LogP contribution in [0.3, 0.4) is 0 Å². The molecule has 0 aliphatic heterocycles. The summed E-state index contributed by atoms with van der Waals surface area (Å²) in [5, 5.41) is 8.24. The van der Waals surface area contributed by atoms with Crippen LogP contribution in [0.5, 0.6) is 0 Å². The normalized spacial score (nSPS) is 8.25. The summed E-state index contributed by atoms with van der Waals surface area (Å²) >= 11 is 0.